The van der Waals surface area contributed by atoms with Crippen molar-refractivity contribution in [2.24, 2.45) is 0 Å². The third-order valence-corrected chi connectivity index (χ3v) is 3.11. The van der Waals surface area contributed by atoms with Crippen LogP contribution in [0.15, 0.2) is 42.5 Å². The highest BCUT2D eigenvalue weighted by Gasteiger charge is 2.12. The van der Waals surface area contributed by atoms with E-state index in [2.05, 4.69) is 0 Å². The molecule has 6 heteroatoms. The second-order valence-corrected chi connectivity index (χ2v) is 4.95. The third kappa shape index (κ3) is 4.00. The summed E-state index contributed by atoms with van der Waals surface area (Å²) in [6.07, 6.45) is 0. The quantitative estimate of drug-likeness (QED) is 0.522. The second kappa shape index (κ2) is 6.32. The van der Waals surface area contributed by atoms with Gasteiger partial charge in [-0.3, -0.25) is 15.0 Å². The van der Waals surface area contributed by atoms with Crippen molar-refractivity contribution in [2.45, 2.75) is 13.1 Å². The molecule has 5 nitrogen and oxygen atoms in total. The van der Waals surface area contributed by atoms with E-state index in [-0.39, 0.29) is 17.2 Å². The number of anilines is 1. The largest absolute Gasteiger partial charge is 0.393 e. The van der Waals surface area contributed by atoms with Crippen molar-refractivity contribution in [3.8, 4) is 0 Å². The number of nitrogen functional groups attached to an aromatic ring is 1. The van der Waals surface area contributed by atoms with Crippen LogP contribution in [0.4, 0.5) is 15.8 Å². The van der Waals surface area contributed by atoms with Gasteiger partial charge in [0, 0.05) is 19.2 Å². The monoisotopic (exact) mass is 289 g/mol. The molecule has 0 unspecified atom stereocenters. The lowest BCUT2D eigenvalue weighted by Crippen LogP contribution is -2.17. The SMILES string of the molecule is CN(Cc1ccc(F)cc1)Cc1ccc([N+](=O)[O-])c(N)c1. The van der Waals surface area contributed by atoms with E-state index >= 15 is 0 Å². The molecule has 0 heterocycles. The molecule has 0 radical (unpaired) electrons. The maximum atomic E-state index is 12.8. The first-order chi connectivity index (χ1) is 9.95. The van der Waals surface area contributed by atoms with Gasteiger partial charge in [0.25, 0.3) is 5.69 Å². The Labute approximate surface area is 122 Å². The van der Waals surface area contributed by atoms with E-state index in [1.54, 1.807) is 24.3 Å². The molecule has 0 saturated heterocycles. The van der Waals surface area contributed by atoms with Crippen LogP contribution in [-0.4, -0.2) is 16.9 Å². The summed E-state index contributed by atoms with van der Waals surface area (Å²) in [5.74, 6) is -0.260. The second-order valence-electron chi connectivity index (χ2n) is 4.95. The highest BCUT2D eigenvalue weighted by atomic mass is 19.1. The van der Waals surface area contributed by atoms with Crippen LogP contribution in [0.1, 0.15) is 11.1 Å². The number of nitro benzene ring substituents is 1. The van der Waals surface area contributed by atoms with Crippen molar-refractivity contribution in [3.63, 3.8) is 0 Å². The summed E-state index contributed by atoms with van der Waals surface area (Å²) in [4.78, 5) is 12.2. The number of nitro groups is 1. The van der Waals surface area contributed by atoms with Gasteiger partial charge < -0.3 is 5.73 Å². The fourth-order valence-corrected chi connectivity index (χ4v) is 2.14. The van der Waals surface area contributed by atoms with Crippen molar-refractivity contribution in [2.75, 3.05) is 12.8 Å². The average molecular weight is 289 g/mol. The van der Waals surface area contributed by atoms with Gasteiger partial charge in [0.1, 0.15) is 11.5 Å². The Hall–Kier alpha value is -2.47. The lowest BCUT2D eigenvalue weighted by molar-refractivity contribution is -0.383. The summed E-state index contributed by atoms with van der Waals surface area (Å²) < 4.78 is 12.8. The summed E-state index contributed by atoms with van der Waals surface area (Å²) in [7, 11) is 1.92. The number of hydrogen-bond donors (Lipinski definition) is 1. The van der Waals surface area contributed by atoms with E-state index < -0.39 is 4.92 Å². The minimum atomic E-state index is -0.499. The topological polar surface area (TPSA) is 72.4 Å². The van der Waals surface area contributed by atoms with Gasteiger partial charge in [-0.15, -0.1) is 0 Å². The number of hydrogen-bond acceptors (Lipinski definition) is 4. The van der Waals surface area contributed by atoms with Crippen LogP contribution in [0.25, 0.3) is 0 Å². The Kier molecular flexibility index (Phi) is 4.49. The Morgan fingerprint density at radius 1 is 1.14 bits per heavy atom. The molecule has 0 fully saturated rings. The molecular formula is C15H16FN3O2. The molecule has 0 spiro atoms. The molecule has 0 amide bonds. The highest BCUT2D eigenvalue weighted by molar-refractivity contribution is 5.59. The maximum absolute atomic E-state index is 12.8. The molecule has 0 aromatic heterocycles. The van der Waals surface area contributed by atoms with Crippen LogP contribution in [0.5, 0.6) is 0 Å². The lowest BCUT2D eigenvalue weighted by Gasteiger charge is -2.17. The van der Waals surface area contributed by atoms with Crippen LogP contribution in [0, 0.1) is 15.9 Å². The Morgan fingerprint density at radius 3 is 2.29 bits per heavy atom. The van der Waals surface area contributed by atoms with Crippen LogP contribution in [0.2, 0.25) is 0 Å². The fraction of sp³-hybridized carbons (Fsp3) is 0.200. The molecule has 21 heavy (non-hydrogen) atoms. The van der Waals surface area contributed by atoms with Crippen molar-refractivity contribution >= 4 is 11.4 Å². The smallest absolute Gasteiger partial charge is 0.292 e. The molecule has 0 bridgehead atoms. The van der Waals surface area contributed by atoms with Gasteiger partial charge in [0.15, 0.2) is 0 Å². The van der Waals surface area contributed by atoms with Crippen LogP contribution in [0.3, 0.4) is 0 Å². The molecular weight excluding hydrogens is 273 g/mol. The zero-order chi connectivity index (χ0) is 15.4. The van der Waals surface area contributed by atoms with Gasteiger partial charge in [-0.25, -0.2) is 4.39 Å². The van der Waals surface area contributed by atoms with Crippen LogP contribution < -0.4 is 5.73 Å². The number of benzene rings is 2. The summed E-state index contributed by atoms with van der Waals surface area (Å²) >= 11 is 0. The first kappa shape index (κ1) is 14.9. The zero-order valence-corrected chi connectivity index (χ0v) is 11.6. The predicted molar refractivity (Wildman–Crippen MR) is 79.1 cm³/mol. The number of halogens is 1. The molecule has 0 atom stereocenters. The molecule has 0 saturated carbocycles. The summed E-state index contributed by atoms with van der Waals surface area (Å²) in [6.45, 7) is 1.25. The van der Waals surface area contributed by atoms with Gasteiger partial charge >= 0.3 is 0 Å². The normalized spacial score (nSPS) is 10.8. The molecule has 2 N–H and O–H groups in total. The molecule has 2 rings (SSSR count). The average Bonchev–Trinajstić information content (AvgIpc) is 2.41. The van der Waals surface area contributed by atoms with Gasteiger partial charge in [-0.1, -0.05) is 18.2 Å². The molecule has 0 aliphatic carbocycles. The molecule has 2 aromatic carbocycles. The number of nitrogens with two attached hydrogens (primary N) is 1. The van der Waals surface area contributed by atoms with E-state index in [1.165, 1.54) is 18.2 Å². The predicted octanol–water partition coefficient (Wildman–Crippen LogP) is 2.95. The van der Waals surface area contributed by atoms with E-state index in [0.717, 1.165) is 11.1 Å². The standard InChI is InChI=1S/C15H16FN3O2/c1-18(9-11-2-5-13(16)6-3-11)10-12-4-7-15(19(20)21)14(17)8-12/h2-8H,9-10,17H2,1H3. The van der Waals surface area contributed by atoms with Crippen molar-refractivity contribution in [3.05, 3.63) is 69.5 Å². The fourth-order valence-electron chi connectivity index (χ4n) is 2.14. The Morgan fingerprint density at radius 2 is 1.71 bits per heavy atom. The Bertz CT molecular complexity index is 644. The molecule has 0 aliphatic rings. The third-order valence-electron chi connectivity index (χ3n) is 3.11. The van der Waals surface area contributed by atoms with E-state index in [9.17, 15) is 14.5 Å². The summed E-state index contributed by atoms with van der Waals surface area (Å²) in [5.41, 5.74) is 7.63. The van der Waals surface area contributed by atoms with E-state index in [1.807, 2.05) is 11.9 Å². The number of nitrogens with zero attached hydrogens (tertiary/aromatic N) is 2. The van der Waals surface area contributed by atoms with Gasteiger partial charge in [-0.2, -0.15) is 0 Å². The van der Waals surface area contributed by atoms with Crippen molar-refractivity contribution in [1.82, 2.24) is 4.90 Å². The number of rotatable bonds is 5. The summed E-state index contributed by atoms with van der Waals surface area (Å²) in [5, 5.41) is 10.7. The zero-order valence-electron chi connectivity index (χ0n) is 11.6. The van der Waals surface area contributed by atoms with Gasteiger partial charge in [0.05, 0.1) is 4.92 Å². The molecule has 2 aromatic rings. The molecule has 0 aliphatic heterocycles. The molecule has 110 valence electrons. The van der Waals surface area contributed by atoms with E-state index in [0.29, 0.717) is 13.1 Å². The van der Waals surface area contributed by atoms with Gasteiger partial charge in [0.2, 0.25) is 0 Å². The first-order valence-electron chi connectivity index (χ1n) is 6.41. The van der Waals surface area contributed by atoms with E-state index in [4.69, 9.17) is 5.73 Å². The van der Waals surface area contributed by atoms with Crippen molar-refractivity contribution in [1.29, 1.82) is 0 Å². The van der Waals surface area contributed by atoms with Crippen molar-refractivity contribution < 1.29 is 9.31 Å². The highest BCUT2D eigenvalue weighted by Crippen LogP contribution is 2.22. The maximum Gasteiger partial charge on any atom is 0.292 e. The minimum Gasteiger partial charge on any atom is -0.393 e. The minimum absolute atomic E-state index is 0.0834. The lowest BCUT2D eigenvalue weighted by atomic mass is 10.1. The first-order valence-corrected chi connectivity index (χ1v) is 6.41. The van der Waals surface area contributed by atoms with Crippen LogP contribution in [-0.2, 0) is 13.1 Å². The Balaban J connectivity index is 2.02. The van der Waals surface area contributed by atoms with Crippen LogP contribution >= 0.6 is 0 Å². The van der Waals surface area contributed by atoms with Gasteiger partial charge in [-0.05, 0) is 36.4 Å². The summed E-state index contributed by atoms with van der Waals surface area (Å²) in [6, 6.07) is 11.0.